The van der Waals surface area contributed by atoms with Gasteiger partial charge >= 0.3 is 0 Å². The van der Waals surface area contributed by atoms with Crippen LogP contribution in [-0.4, -0.2) is 10.7 Å². The molecule has 0 fully saturated rings. The van der Waals surface area contributed by atoms with Crippen LogP contribution in [0.15, 0.2) is 12.1 Å². The molecule has 1 rings (SSSR count). The van der Waals surface area contributed by atoms with Crippen molar-refractivity contribution in [3.8, 4) is 6.07 Å². The summed E-state index contributed by atoms with van der Waals surface area (Å²) in [5.41, 5.74) is -1.49. The second-order valence-electron chi connectivity index (χ2n) is 2.77. The zero-order valence-electron chi connectivity index (χ0n) is 7.65. The van der Waals surface area contributed by atoms with E-state index in [1.54, 1.807) is 0 Å². The first-order valence-electron chi connectivity index (χ1n) is 3.86. The lowest BCUT2D eigenvalue weighted by Crippen LogP contribution is -2.03. The number of nitro groups is 1. The van der Waals surface area contributed by atoms with Crippen molar-refractivity contribution in [1.82, 2.24) is 0 Å². The van der Waals surface area contributed by atoms with Gasteiger partial charge in [-0.25, -0.2) is 4.39 Å². The van der Waals surface area contributed by atoms with E-state index in [4.69, 9.17) is 5.26 Å². The van der Waals surface area contributed by atoms with E-state index in [0.29, 0.717) is 0 Å². The fraction of sp³-hybridized carbons (Fsp3) is 0.111. The quantitative estimate of drug-likeness (QED) is 0.421. The van der Waals surface area contributed by atoms with E-state index >= 15 is 0 Å². The van der Waals surface area contributed by atoms with Gasteiger partial charge in [-0.3, -0.25) is 14.9 Å². The molecule has 5 nitrogen and oxygen atoms in total. The Hall–Kier alpha value is -2.29. The van der Waals surface area contributed by atoms with Gasteiger partial charge in [0, 0.05) is 0 Å². The molecule has 0 spiro atoms. The molecule has 15 heavy (non-hydrogen) atoms. The number of carbonyl (C=O) groups is 1. The number of benzene rings is 1. The Kier molecular flexibility index (Phi) is 2.76. The van der Waals surface area contributed by atoms with Crippen LogP contribution in [-0.2, 0) is 0 Å². The summed E-state index contributed by atoms with van der Waals surface area (Å²) in [6.07, 6.45) is 0. The smallest absolute Gasteiger partial charge is 0.294 e. The lowest BCUT2D eigenvalue weighted by molar-refractivity contribution is -0.385. The molecule has 0 radical (unpaired) electrons. The molecule has 0 atom stereocenters. The van der Waals surface area contributed by atoms with Gasteiger partial charge in [-0.2, -0.15) is 5.26 Å². The summed E-state index contributed by atoms with van der Waals surface area (Å²) in [6, 6.07) is 2.96. The monoisotopic (exact) mass is 208 g/mol. The largest absolute Gasteiger partial charge is 0.298 e. The summed E-state index contributed by atoms with van der Waals surface area (Å²) >= 11 is 0. The molecule has 1 aromatic carbocycles. The number of hydrogen-bond acceptors (Lipinski definition) is 4. The molecule has 1 aromatic rings. The molecule has 0 N–H and O–H groups in total. The molecular formula is C9H5FN2O3. The number of nitriles is 1. The Morgan fingerprint density at radius 3 is 2.60 bits per heavy atom. The zero-order chi connectivity index (χ0) is 11.6. The lowest BCUT2D eigenvalue weighted by atomic mass is 10.0. The minimum absolute atomic E-state index is 0.392. The molecule has 0 aliphatic heterocycles. The number of rotatable bonds is 2. The van der Waals surface area contributed by atoms with Crippen molar-refractivity contribution in [3.05, 3.63) is 39.2 Å². The van der Waals surface area contributed by atoms with E-state index in [9.17, 15) is 19.3 Å². The number of nitro benzene ring substituents is 1. The van der Waals surface area contributed by atoms with Crippen molar-refractivity contribution in [2.24, 2.45) is 0 Å². The van der Waals surface area contributed by atoms with Crippen LogP contribution in [0.5, 0.6) is 0 Å². The molecule has 0 saturated heterocycles. The summed E-state index contributed by atoms with van der Waals surface area (Å²) < 4.78 is 12.9. The van der Waals surface area contributed by atoms with Gasteiger partial charge in [0.2, 0.25) is 0 Å². The molecule has 0 unspecified atom stereocenters. The molecule has 0 heterocycles. The van der Waals surface area contributed by atoms with Gasteiger partial charge in [-0.1, -0.05) is 0 Å². The highest BCUT2D eigenvalue weighted by molar-refractivity contribution is 5.99. The molecule has 6 heteroatoms. The summed E-state index contributed by atoms with van der Waals surface area (Å²) in [5, 5.41) is 19.2. The Bertz CT molecular complexity index is 491. The summed E-state index contributed by atoms with van der Waals surface area (Å²) in [4.78, 5) is 20.7. The van der Waals surface area contributed by atoms with Crippen molar-refractivity contribution in [2.45, 2.75) is 6.92 Å². The predicted octanol–water partition coefficient (Wildman–Crippen LogP) is 1.81. The van der Waals surface area contributed by atoms with Crippen LogP contribution in [0.4, 0.5) is 10.1 Å². The molecular weight excluding hydrogens is 203 g/mol. The Morgan fingerprint density at radius 2 is 2.20 bits per heavy atom. The fourth-order valence-electron chi connectivity index (χ4n) is 1.15. The molecule has 0 aliphatic carbocycles. The van der Waals surface area contributed by atoms with Crippen LogP contribution in [0.1, 0.15) is 22.8 Å². The summed E-state index contributed by atoms with van der Waals surface area (Å²) in [5.74, 6) is -1.50. The van der Waals surface area contributed by atoms with Crippen molar-refractivity contribution >= 4 is 11.5 Å². The third kappa shape index (κ3) is 1.96. The van der Waals surface area contributed by atoms with Crippen LogP contribution >= 0.6 is 0 Å². The highest BCUT2D eigenvalue weighted by Crippen LogP contribution is 2.25. The molecule has 0 bridgehead atoms. The SMILES string of the molecule is CC(=O)c1cc(F)cc(C#N)c1[N+](=O)[O-]. The van der Waals surface area contributed by atoms with Gasteiger partial charge in [0.05, 0.1) is 10.5 Å². The van der Waals surface area contributed by atoms with E-state index in [-0.39, 0.29) is 0 Å². The number of nitrogens with zero attached hydrogens (tertiary/aromatic N) is 2. The number of ketones is 1. The van der Waals surface area contributed by atoms with Crippen molar-refractivity contribution in [3.63, 3.8) is 0 Å². The third-order valence-corrected chi connectivity index (χ3v) is 1.76. The van der Waals surface area contributed by atoms with Gasteiger partial charge < -0.3 is 0 Å². The number of carbonyl (C=O) groups excluding carboxylic acids is 1. The van der Waals surface area contributed by atoms with E-state index < -0.39 is 33.3 Å². The van der Waals surface area contributed by atoms with Gasteiger partial charge in [0.25, 0.3) is 5.69 Å². The molecule has 0 aliphatic rings. The van der Waals surface area contributed by atoms with Gasteiger partial charge in [0.15, 0.2) is 5.78 Å². The molecule has 76 valence electrons. The van der Waals surface area contributed by atoms with Gasteiger partial charge in [-0.05, 0) is 19.1 Å². The van der Waals surface area contributed by atoms with Crippen molar-refractivity contribution < 1.29 is 14.1 Å². The Morgan fingerprint density at radius 1 is 1.60 bits per heavy atom. The fourth-order valence-corrected chi connectivity index (χ4v) is 1.15. The van der Waals surface area contributed by atoms with E-state index in [2.05, 4.69) is 0 Å². The number of Topliss-reactive ketones (excluding diaryl/α,β-unsaturated/α-hetero) is 1. The minimum Gasteiger partial charge on any atom is -0.294 e. The summed E-state index contributed by atoms with van der Waals surface area (Å²) in [6.45, 7) is 1.07. The topological polar surface area (TPSA) is 84.0 Å². The third-order valence-electron chi connectivity index (χ3n) is 1.76. The average Bonchev–Trinajstić information content (AvgIpc) is 2.15. The normalized spacial score (nSPS) is 9.40. The van der Waals surface area contributed by atoms with E-state index in [1.165, 1.54) is 6.07 Å². The first kappa shape index (κ1) is 10.8. The lowest BCUT2D eigenvalue weighted by Gasteiger charge is -2.00. The second-order valence-corrected chi connectivity index (χ2v) is 2.77. The van der Waals surface area contributed by atoms with Crippen LogP contribution in [0, 0.1) is 27.3 Å². The van der Waals surface area contributed by atoms with Crippen molar-refractivity contribution in [2.75, 3.05) is 0 Å². The summed E-state index contributed by atoms with van der Waals surface area (Å²) in [7, 11) is 0. The van der Waals surface area contributed by atoms with Crippen LogP contribution in [0.25, 0.3) is 0 Å². The Labute approximate surface area is 83.9 Å². The zero-order valence-corrected chi connectivity index (χ0v) is 7.65. The predicted molar refractivity (Wildman–Crippen MR) is 47.8 cm³/mol. The highest BCUT2D eigenvalue weighted by Gasteiger charge is 2.23. The van der Waals surface area contributed by atoms with Crippen LogP contribution < -0.4 is 0 Å². The first-order valence-corrected chi connectivity index (χ1v) is 3.86. The van der Waals surface area contributed by atoms with Crippen molar-refractivity contribution in [1.29, 1.82) is 5.26 Å². The minimum atomic E-state index is -0.866. The Balaban J connectivity index is 3.64. The van der Waals surface area contributed by atoms with Gasteiger partial charge in [0.1, 0.15) is 17.4 Å². The number of hydrogen-bond donors (Lipinski definition) is 0. The average molecular weight is 208 g/mol. The van der Waals surface area contributed by atoms with Crippen LogP contribution in [0.2, 0.25) is 0 Å². The molecule has 0 amide bonds. The number of halogens is 1. The highest BCUT2D eigenvalue weighted by atomic mass is 19.1. The molecule has 0 aromatic heterocycles. The standard InChI is InChI=1S/C9H5FN2O3/c1-5(13)8-3-7(10)2-6(4-11)9(8)12(14)15/h2-3H,1H3. The van der Waals surface area contributed by atoms with Gasteiger partial charge in [-0.15, -0.1) is 0 Å². The second kappa shape index (κ2) is 3.84. The van der Waals surface area contributed by atoms with E-state index in [1.807, 2.05) is 0 Å². The molecule has 0 saturated carbocycles. The first-order chi connectivity index (χ1) is 6.97. The maximum Gasteiger partial charge on any atom is 0.298 e. The maximum absolute atomic E-state index is 12.9. The van der Waals surface area contributed by atoms with E-state index in [0.717, 1.165) is 19.1 Å². The maximum atomic E-state index is 12.9. The van der Waals surface area contributed by atoms with Crippen LogP contribution in [0.3, 0.4) is 0 Å².